The number of amides is 3. The van der Waals surface area contributed by atoms with Gasteiger partial charge in [0, 0.05) is 11.4 Å². The molecule has 0 aromatic heterocycles. The van der Waals surface area contributed by atoms with E-state index in [-0.39, 0.29) is 18.9 Å². The van der Waals surface area contributed by atoms with Crippen molar-refractivity contribution in [3.05, 3.63) is 59.7 Å². The summed E-state index contributed by atoms with van der Waals surface area (Å²) in [6, 6.07) is 14.6. The van der Waals surface area contributed by atoms with Gasteiger partial charge < -0.3 is 20.7 Å². The molecule has 0 atom stereocenters. The summed E-state index contributed by atoms with van der Waals surface area (Å²) in [5.74, 6) is -0.553. The van der Waals surface area contributed by atoms with Gasteiger partial charge in [0.2, 0.25) is 11.8 Å². The third-order valence-corrected chi connectivity index (χ3v) is 3.71. The minimum absolute atomic E-state index is 0.149. The second kappa shape index (κ2) is 9.73. The first-order chi connectivity index (χ1) is 13.6. The van der Waals surface area contributed by atoms with Crippen molar-refractivity contribution in [3.63, 3.8) is 0 Å². The predicted octanol–water partition coefficient (Wildman–Crippen LogP) is 3.64. The highest BCUT2D eigenvalue weighted by molar-refractivity contribution is 5.96. The molecule has 0 aliphatic rings. The Bertz CT molecular complexity index is 870. The Morgan fingerprint density at radius 3 is 2.07 bits per heavy atom. The first kappa shape index (κ1) is 21.9. The molecule has 0 spiro atoms. The van der Waals surface area contributed by atoms with Crippen LogP contribution in [-0.2, 0) is 20.7 Å². The maximum Gasteiger partial charge on any atom is 0.408 e. The summed E-state index contributed by atoms with van der Waals surface area (Å²) in [7, 11) is 0. The van der Waals surface area contributed by atoms with Gasteiger partial charge in [-0.3, -0.25) is 9.59 Å². The van der Waals surface area contributed by atoms with E-state index < -0.39 is 17.6 Å². The fourth-order valence-corrected chi connectivity index (χ4v) is 2.44. The summed E-state index contributed by atoms with van der Waals surface area (Å²) in [6.07, 6.45) is -0.402. The zero-order valence-electron chi connectivity index (χ0n) is 17.2. The van der Waals surface area contributed by atoms with Gasteiger partial charge in [0.1, 0.15) is 12.1 Å². The van der Waals surface area contributed by atoms with E-state index in [1.165, 1.54) is 0 Å². The Kier molecular flexibility index (Phi) is 7.36. The quantitative estimate of drug-likeness (QED) is 0.693. The first-order valence-corrected chi connectivity index (χ1v) is 9.33. The lowest BCUT2D eigenvalue weighted by atomic mass is 10.1. The van der Waals surface area contributed by atoms with E-state index in [4.69, 9.17) is 4.74 Å². The fraction of sp³-hybridized carbons (Fsp3) is 0.318. The van der Waals surface area contributed by atoms with Crippen molar-refractivity contribution in [2.24, 2.45) is 0 Å². The van der Waals surface area contributed by atoms with Crippen LogP contribution < -0.4 is 16.0 Å². The smallest absolute Gasteiger partial charge is 0.408 e. The molecule has 154 valence electrons. The minimum atomic E-state index is -0.662. The molecular weight excluding hydrogens is 370 g/mol. The number of ether oxygens (including phenoxy) is 1. The van der Waals surface area contributed by atoms with E-state index in [1.54, 1.807) is 45.0 Å². The van der Waals surface area contributed by atoms with Gasteiger partial charge >= 0.3 is 6.09 Å². The molecule has 2 aromatic rings. The molecular formula is C22H27N3O4. The Morgan fingerprint density at radius 1 is 0.897 bits per heavy atom. The maximum absolute atomic E-state index is 12.2. The Labute approximate surface area is 170 Å². The summed E-state index contributed by atoms with van der Waals surface area (Å²) in [6.45, 7) is 6.99. The first-order valence-electron chi connectivity index (χ1n) is 9.33. The molecule has 0 saturated heterocycles. The number of rotatable bonds is 6. The largest absolute Gasteiger partial charge is 0.444 e. The summed E-state index contributed by atoms with van der Waals surface area (Å²) < 4.78 is 5.08. The monoisotopic (exact) mass is 397 g/mol. The van der Waals surface area contributed by atoms with E-state index in [1.807, 2.05) is 31.2 Å². The minimum Gasteiger partial charge on any atom is -0.444 e. The zero-order valence-corrected chi connectivity index (χ0v) is 17.2. The van der Waals surface area contributed by atoms with Crippen LogP contribution in [0.25, 0.3) is 0 Å². The molecule has 2 aromatic carbocycles. The van der Waals surface area contributed by atoms with Gasteiger partial charge in [0.25, 0.3) is 0 Å². The van der Waals surface area contributed by atoms with Gasteiger partial charge in [0.05, 0.1) is 6.42 Å². The fourth-order valence-electron chi connectivity index (χ4n) is 2.44. The lowest BCUT2D eigenvalue weighted by Gasteiger charge is -2.19. The van der Waals surface area contributed by atoms with Gasteiger partial charge in [-0.1, -0.05) is 35.9 Å². The molecule has 7 nitrogen and oxygen atoms in total. The number of aryl methyl sites for hydroxylation is 1. The maximum atomic E-state index is 12.2. The summed E-state index contributed by atoms with van der Waals surface area (Å²) in [5, 5.41) is 7.88. The average Bonchev–Trinajstić information content (AvgIpc) is 2.61. The molecule has 0 unspecified atom stereocenters. The van der Waals surface area contributed by atoms with E-state index in [9.17, 15) is 14.4 Å². The number of alkyl carbamates (subject to hydrolysis) is 1. The van der Waals surface area contributed by atoms with Crippen molar-refractivity contribution < 1.29 is 19.1 Å². The third-order valence-electron chi connectivity index (χ3n) is 3.71. The third kappa shape index (κ3) is 8.47. The van der Waals surface area contributed by atoms with Crippen LogP contribution in [0.15, 0.2) is 48.5 Å². The van der Waals surface area contributed by atoms with Gasteiger partial charge in [-0.15, -0.1) is 0 Å². The SMILES string of the molecule is Cc1ccc(CC(=O)Nc2cccc(NC(=O)CNC(=O)OC(C)(C)C)c2)cc1. The lowest BCUT2D eigenvalue weighted by Crippen LogP contribution is -2.37. The van der Waals surface area contributed by atoms with Crippen molar-refractivity contribution in [1.29, 1.82) is 0 Å². The zero-order chi connectivity index (χ0) is 21.4. The molecule has 3 amide bonds. The Morgan fingerprint density at radius 2 is 1.48 bits per heavy atom. The van der Waals surface area contributed by atoms with Crippen LogP contribution in [-0.4, -0.2) is 30.1 Å². The Balaban J connectivity index is 1.85. The number of hydrogen-bond donors (Lipinski definition) is 3. The van der Waals surface area contributed by atoms with Crippen molar-refractivity contribution >= 4 is 29.3 Å². The van der Waals surface area contributed by atoms with Gasteiger partial charge in [-0.2, -0.15) is 0 Å². The van der Waals surface area contributed by atoms with Crippen molar-refractivity contribution in [3.8, 4) is 0 Å². The summed E-state index contributed by atoms with van der Waals surface area (Å²) in [5.41, 5.74) is 2.50. The number of carbonyl (C=O) groups is 3. The van der Waals surface area contributed by atoms with Crippen LogP contribution in [0.3, 0.4) is 0 Å². The second-order valence-corrected chi connectivity index (χ2v) is 7.69. The predicted molar refractivity (Wildman–Crippen MR) is 113 cm³/mol. The second-order valence-electron chi connectivity index (χ2n) is 7.69. The summed E-state index contributed by atoms with van der Waals surface area (Å²) >= 11 is 0. The van der Waals surface area contributed by atoms with Crippen LogP contribution in [0.2, 0.25) is 0 Å². The van der Waals surface area contributed by atoms with E-state index in [2.05, 4.69) is 16.0 Å². The van der Waals surface area contributed by atoms with E-state index in [0.717, 1.165) is 11.1 Å². The Hall–Kier alpha value is -3.35. The van der Waals surface area contributed by atoms with Gasteiger partial charge in [-0.05, 0) is 51.5 Å². The van der Waals surface area contributed by atoms with Crippen molar-refractivity contribution in [2.45, 2.75) is 39.7 Å². The molecule has 7 heteroatoms. The molecule has 0 bridgehead atoms. The molecule has 29 heavy (non-hydrogen) atoms. The van der Waals surface area contributed by atoms with Crippen LogP contribution >= 0.6 is 0 Å². The highest BCUT2D eigenvalue weighted by Crippen LogP contribution is 2.16. The molecule has 0 fully saturated rings. The van der Waals surface area contributed by atoms with Gasteiger partial charge in [0.15, 0.2) is 0 Å². The molecule has 0 aliphatic carbocycles. The molecule has 0 radical (unpaired) electrons. The number of anilines is 2. The van der Waals surface area contributed by atoms with E-state index in [0.29, 0.717) is 11.4 Å². The lowest BCUT2D eigenvalue weighted by molar-refractivity contribution is -0.116. The number of nitrogens with one attached hydrogen (secondary N) is 3. The van der Waals surface area contributed by atoms with Crippen molar-refractivity contribution in [1.82, 2.24) is 5.32 Å². The molecule has 3 N–H and O–H groups in total. The number of hydrogen-bond acceptors (Lipinski definition) is 4. The highest BCUT2D eigenvalue weighted by Gasteiger charge is 2.16. The average molecular weight is 397 g/mol. The molecule has 0 saturated carbocycles. The van der Waals surface area contributed by atoms with Crippen LogP contribution in [0.4, 0.5) is 16.2 Å². The van der Waals surface area contributed by atoms with E-state index >= 15 is 0 Å². The summed E-state index contributed by atoms with van der Waals surface area (Å²) in [4.78, 5) is 35.8. The van der Waals surface area contributed by atoms with Crippen LogP contribution in [0.1, 0.15) is 31.9 Å². The van der Waals surface area contributed by atoms with Gasteiger partial charge in [-0.25, -0.2) is 4.79 Å². The topological polar surface area (TPSA) is 96.5 Å². The van der Waals surface area contributed by atoms with Crippen LogP contribution in [0, 0.1) is 6.92 Å². The highest BCUT2D eigenvalue weighted by atomic mass is 16.6. The number of carbonyl (C=O) groups excluding carboxylic acids is 3. The molecule has 0 heterocycles. The number of benzene rings is 2. The molecule has 0 aliphatic heterocycles. The standard InChI is InChI=1S/C22H27N3O4/c1-15-8-10-16(11-9-15)12-19(26)24-17-6-5-7-18(13-17)25-20(27)14-23-21(28)29-22(2,3)4/h5-11,13H,12,14H2,1-4H3,(H,23,28)(H,24,26)(H,25,27). The molecule has 2 rings (SSSR count). The normalized spacial score (nSPS) is 10.8. The van der Waals surface area contributed by atoms with Crippen molar-refractivity contribution in [2.75, 3.05) is 17.2 Å². The van der Waals surface area contributed by atoms with Crippen LogP contribution in [0.5, 0.6) is 0 Å².